The lowest BCUT2D eigenvalue weighted by atomic mass is 10.2. The summed E-state index contributed by atoms with van der Waals surface area (Å²) in [4.78, 5) is 17.3. The van der Waals surface area contributed by atoms with Gasteiger partial charge < -0.3 is 5.32 Å². The van der Waals surface area contributed by atoms with Gasteiger partial charge in [0.15, 0.2) is 5.16 Å². The fourth-order valence-corrected chi connectivity index (χ4v) is 4.48. The number of hydrogen-bond donors (Lipinski definition) is 1. The highest BCUT2D eigenvalue weighted by molar-refractivity contribution is 7.98. The Morgan fingerprint density at radius 3 is 2.67 bits per heavy atom. The molecule has 0 fully saturated rings. The van der Waals surface area contributed by atoms with Gasteiger partial charge >= 0.3 is 0 Å². The predicted molar refractivity (Wildman–Crippen MR) is 111 cm³/mol. The third-order valence-electron chi connectivity index (χ3n) is 3.96. The van der Waals surface area contributed by atoms with Gasteiger partial charge in [0, 0.05) is 12.2 Å². The first kappa shape index (κ1) is 17.7. The van der Waals surface area contributed by atoms with Crippen molar-refractivity contribution in [2.75, 3.05) is 5.32 Å². The zero-order valence-corrected chi connectivity index (χ0v) is 16.3. The quantitative estimate of drug-likeness (QED) is 0.388. The lowest BCUT2D eigenvalue weighted by Gasteiger charge is -2.10. The number of nitrogens with one attached hydrogen (secondary N) is 1. The molecule has 1 N–H and O–H groups in total. The molecule has 0 amide bonds. The molecular formula is C19H17N5OS2. The van der Waals surface area contributed by atoms with E-state index >= 15 is 0 Å². The number of nitrogens with zero attached hydrogens (tertiary/aromatic N) is 4. The molecular weight excluding hydrogens is 378 g/mol. The van der Waals surface area contributed by atoms with Crippen LogP contribution in [0.4, 0.5) is 10.8 Å². The van der Waals surface area contributed by atoms with Crippen molar-refractivity contribution >= 4 is 44.8 Å². The van der Waals surface area contributed by atoms with Gasteiger partial charge in [-0.25, -0.2) is 4.98 Å². The summed E-state index contributed by atoms with van der Waals surface area (Å²) in [5.41, 5.74) is 1.69. The van der Waals surface area contributed by atoms with Gasteiger partial charge in [-0.05, 0) is 31.2 Å². The molecule has 0 atom stereocenters. The van der Waals surface area contributed by atoms with E-state index in [1.165, 1.54) is 23.1 Å². The number of hydrogen-bond acceptors (Lipinski definition) is 7. The average Bonchev–Trinajstić information content (AvgIpc) is 3.14. The number of para-hydroxylation sites is 2. The Hall–Kier alpha value is -2.71. The molecule has 4 aromatic rings. The summed E-state index contributed by atoms with van der Waals surface area (Å²) in [6.45, 7) is 2.53. The average molecular weight is 396 g/mol. The van der Waals surface area contributed by atoms with Crippen molar-refractivity contribution in [2.24, 2.45) is 0 Å². The summed E-state index contributed by atoms with van der Waals surface area (Å²) in [6.07, 6.45) is 0. The maximum Gasteiger partial charge on any atom is 0.262 e. The second-order valence-corrected chi connectivity index (χ2v) is 7.75. The van der Waals surface area contributed by atoms with Crippen LogP contribution in [0.3, 0.4) is 0 Å². The number of benzene rings is 2. The number of aromatic nitrogens is 4. The van der Waals surface area contributed by atoms with Gasteiger partial charge in [-0.2, -0.15) is 0 Å². The molecule has 0 spiro atoms. The van der Waals surface area contributed by atoms with E-state index in [9.17, 15) is 4.79 Å². The van der Waals surface area contributed by atoms with Gasteiger partial charge in [0.1, 0.15) is 5.01 Å². The maximum absolute atomic E-state index is 12.7. The first-order valence-electron chi connectivity index (χ1n) is 8.51. The lowest BCUT2D eigenvalue weighted by molar-refractivity contribution is 0.634. The lowest BCUT2D eigenvalue weighted by Crippen LogP contribution is -2.22. The summed E-state index contributed by atoms with van der Waals surface area (Å²) in [6, 6.07) is 17.3. The molecule has 27 heavy (non-hydrogen) atoms. The molecule has 0 radical (unpaired) electrons. The summed E-state index contributed by atoms with van der Waals surface area (Å²) in [5.74, 6) is 0.610. The number of rotatable bonds is 6. The summed E-state index contributed by atoms with van der Waals surface area (Å²) in [5, 5.41) is 14.6. The van der Waals surface area contributed by atoms with Crippen molar-refractivity contribution in [1.82, 2.24) is 19.7 Å². The number of anilines is 2. The zero-order valence-electron chi connectivity index (χ0n) is 14.6. The Bertz CT molecular complexity index is 1120. The van der Waals surface area contributed by atoms with Crippen LogP contribution >= 0.6 is 23.1 Å². The highest BCUT2D eigenvalue weighted by atomic mass is 32.2. The van der Waals surface area contributed by atoms with Crippen LogP contribution in [0, 0.1) is 0 Å². The molecule has 4 rings (SSSR count). The maximum atomic E-state index is 12.7. The normalized spacial score (nSPS) is 11.0. The second-order valence-electron chi connectivity index (χ2n) is 5.74. The van der Waals surface area contributed by atoms with Crippen LogP contribution in [0.1, 0.15) is 11.9 Å². The van der Waals surface area contributed by atoms with Crippen LogP contribution in [0.5, 0.6) is 0 Å². The van der Waals surface area contributed by atoms with Crippen LogP contribution in [0.25, 0.3) is 10.9 Å². The van der Waals surface area contributed by atoms with E-state index in [1.54, 1.807) is 4.57 Å². The van der Waals surface area contributed by atoms with Gasteiger partial charge in [-0.1, -0.05) is 53.4 Å². The first-order valence-corrected chi connectivity index (χ1v) is 10.3. The van der Waals surface area contributed by atoms with E-state index in [4.69, 9.17) is 0 Å². The molecule has 2 aromatic carbocycles. The van der Waals surface area contributed by atoms with E-state index < -0.39 is 0 Å². The molecule has 6 nitrogen and oxygen atoms in total. The minimum atomic E-state index is -0.00528. The van der Waals surface area contributed by atoms with Crippen LogP contribution in [0.15, 0.2) is 64.5 Å². The zero-order chi connectivity index (χ0) is 18.6. The van der Waals surface area contributed by atoms with Gasteiger partial charge in [-0.15, -0.1) is 10.2 Å². The summed E-state index contributed by atoms with van der Waals surface area (Å²) < 4.78 is 1.71. The molecule has 8 heteroatoms. The van der Waals surface area contributed by atoms with E-state index in [0.717, 1.165) is 21.3 Å². The van der Waals surface area contributed by atoms with E-state index in [2.05, 4.69) is 20.5 Å². The number of thioether (sulfide) groups is 1. The van der Waals surface area contributed by atoms with Crippen molar-refractivity contribution in [2.45, 2.75) is 24.4 Å². The highest BCUT2D eigenvalue weighted by Gasteiger charge is 2.12. The van der Waals surface area contributed by atoms with Gasteiger partial charge in [0.2, 0.25) is 5.13 Å². The van der Waals surface area contributed by atoms with Gasteiger partial charge in [-0.3, -0.25) is 9.36 Å². The molecule has 0 saturated heterocycles. The molecule has 0 saturated carbocycles. The van der Waals surface area contributed by atoms with Crippen molar-refractivity contribution in [3.05, 3.63) is 70.0 Å². The fourth-order valence-electron chi connectivity index (χ4n) is 2.67. The predicted octanol–water partition coefficient (Wildman–Crippen LogP) is 4.30. The Morgan fingerprint density at radius 1 is 1.07 bits per heavy atom. The Morgan fingerprint density at radius 2 is 1.85 bits per heavy atom. The third kappa shape index (κ3) is 3.86. The highest BCUT2D eigenvalue weighted by Crippen LogP contribution is 2.26. The standard InChI is InChI=1S/C19H17N5OS2/c1-2-24-17(25)14-10-6-7-11-15(14)21-19(24)26-12-16-22-23-18(27-16)20-13-8-4-3-5-9-13/h3-11H,2,12H2,1H3,(H,20,23). The Balaban J connectivity index is 1.53. The monoisotopic (exact) mass is 395 g/mol. The molecule has 0 bridgehead atoms. The first-order chi connectivity index (χ1) is 13.2. The van der Waals surface area contributed by atoms with Crippen molar-refractivity contribution in [3.63, 3.8) is 0 Å². The van der Waals surface area contributed by atoms with Crippen LogP contribution in [0.2, 0.25) is 0 Å². The Labute approximate surface area is 164 Å². The second kappa shape index (κ2) is 7.89. The summed E-state index contributed by atoms with van der Waals surface area (Å²) in [7, 11) is 0. The largest absolute Gasteiger partial charge is 0.330 e. The van der Waals surface area contributed by atoms with Gasteiger partial charge in [0.05, 0.1) is 16.7 Å². The van der Waals surface area contributed by atoms with Crippen molar-refractivity contribution in [3.8, 4) is 0 Å². The topological polar surface area (TPSA) is 72.7 Å². The van der Waals surface area contributed by atoms with E-state index in [0.29, 0.717) is 22.8 Å². The van der Waals surface area contributed by atoms with E-state index in [-0.39, 0.29) is 5.56 Å². The van der Waals surface area contributed by atoms with E-state index in [1.807, 2.05) is 61.5 Å². The minimum absolute atomic E-state index is 0.00528. The number of fused-ring (bicyclic) bond motifs is 1. The summed E-state index contributed by atoms with van der Waals surface area (Å²) >= 11 is 3.00. The molecule has 0 aliphatic heterocycles. The molecule has 136 valence electrons. The van der Waals surface area contributed by atoms with Crippen molar-refractivity contribution in [1.29, 1.82) is 0 Å². The molecule has 0 aliphatic carbocycles. The molecule has 2 heterocycles. The van der Waals surface area contributed by atoms with Crippen molar-refractivity contribution < 1.29 is 0 Å². The molecule has 0 unspecified atom stereocenters. The van der Waals surface area contributed by atoms with Crippen LogP contribution in [-0.4, -0.2) is 19.7 Å². The van der Waals surface area contributed by atoms with Crippen LogP contribution < -0.4 is 10.9 Å². The fraction of sp³-hybridized carbons (Fsp3) is 0.158. The minimum Gasteiger partial charge on any atom is -0.330 e. The van der Waals surface area contributed by atoms with Crippen LogP contribution in [-0.2, 0) is 12.3 Å². The third-order valence-corrected chi connectivity index (χ3v) is 5.97. The SMILES string of the molecule is CCn1c(SCc2nnc(Nc3ccccc3)s2)nc2ccccc2c1=O. The Kier molecular flexibility index (Phi) is 5.17. The van der Waals surface area contributed by atoms with Gasteiger partial charge in [0.25, 0.3) is 5.56 Å². The molecule has 2 aromatic heterocycles. The molecule has 0 aliphatic rings. The smallest absolute Gasteiger partial charge is 0.262 e.